The highest BCUT2D eigenvalue weighted by molar-refractivity contribution is 7.92. The van der Waals surface area contributed by atoms with Crippen LogP contribution in [0.15, 0.2) is 48.5 Å². The van der Waals surface area contributed by atoms with Gasteiger partial charge >= 0.3 is 0 Å². The van der Waals surface area contributed by atoms with Crippen molar-refractivity contribution < 1.29 is 27.9 Å². The van der Waals surface area contributed by atoms with Crippen molar-refractivity contribution in [3.05, 3.63) is 59.7 Å². The first-order valence-corrected chi connectivity index (χ1v) is 11.6. The third-order valence-electron chi connectivity index (χ3n) is 5.83. The van der Waals surface area contributed by atoms with Crippen molar-refractivity contribution in [1.29, 1.82) is 0 Å². The third kappa shape index (κ3) is 5.00. The Morgan fingerprint density at radius 2 is 1.68 bits per heavy atom. The second-order valence-electron chi connectivity index (χ2n) is 7.67. The number of likely N-dealkylation sites (tertiary alicyclic amines) is 1. The van der Waals surface area contributed by atoms with Gasteiger partial charge in [0.1, 0.15) is 11.5 Å². The lowest BCUT2D eigenvalue weighted by Crippen LogP contribution is -2.57. The predicted octanol–water partition coefficient (Wildman–Crippen LogP) is 2.16. The van der Waals surface area contributed by atoms with Crippen molar-refractivity contribution in [2.45, 2.75) is 29.9 Å². The fourth-order valence-electron chi connectivity index (χ4n) is 3.96. The highest BCUT2D eigenvalue weighted by Gasteiger charge is 2.51. The Bertz CT molecular complexity index is 999. The molecule has 2 aromatic carbocycles. The summed E-state index contributed by atoms with van der Waals surface area (Å²) >= 11 is 0. The van der Waals surface area contributed by atoms with E-state index in [0.29, 0.717) is 30.9 Å². The quantitative estimate of drug-likeness (QED) is 0.471. The number of nitrogens with zero attached hydrogens (tertiary/aromatic N) is 1. The zero-order valence-corrected chi connectivity index (χ0v) is 18.5. The van der Waals surface area contributed by atoms with Gasteiger partial charge in [0.05, 0.1) is 20.0 Å². The Morgan fingerprint density at radius 1 is 1.03 bits per heavy atom. The van der Waals surface area contributed by atoms with E-state index in [1.165, 1.54) is 7.11 Å². The zero-order chi connectivity index (χ0) is 22.5. The van der Waals surface area contributed by atoms with Crippen LogP contribution in [0, 0.1) is 0 Å². The van der Waals surface area contributed by atoms with E-state index in [9.17, 15) is 18.4 Å². The highest BCUT2D eigenvalue weighted by Crippen LogP contribution is 2.34. The largest absolute Gasteiger partial charge is 0.497 e. The molecule has 0 aromatic heterocycles. The number of rotatable bonds is 8. The first-order valence-electron chi connectivity index (χ1n) is 9.98. The summed E-state index contributed by atoms with van der Waals surface area (Å²) in [7, 11) is -0.755. The van der Waals surface area contributed by atoms with E-state index in [-0.39, 0.29) is 18.6 Å². The Morgan fingerprint density at radius 3 is 2.26 bits per heavy atom. The number of hydrogen-bond acceptors (Lipinski definition) is 7. The van der Waals surface area contributed by atoms with Gasteiger partial charge in [-0.1, -0.05) is 24.3 Å². The molecular formula is C22H28N2O6S. The van der Waals surface area contributed by atoms with Crippen LogP contribution >= 0.6 is 0 Å². The van der Waals surface area contributed by atoms with Crippen LogP contribution < -0.4 is 15.0 Å². The lowest BCUT2D eigenvalue weighted by atomic mass is 9.94. The van der Waals surface area contributed by atoms with E-state index >= 15 is 0 Å². The molecule has 0 atom stereocenters. The minimum Gasteiger partial charge on any atom is -0.497 e. The van der Waals surface area contributed by atoms with E-state index < -0.39 is 20.5 Å². The van der Waals surface area contributed by atoms with Gasteiger partial charge in [0.25, 0.3) is 5.91 Å². The summed E-state index contributed by atoms with van der Waals surface area (Å²) in [6, 6.07) is 14.4. The molecule has 0 radical (unpaired) electrons. The molecule has 1 fully saturated rings. The number of piperidine rings is 1. The molecule has 1 amide bonds. The van der Waals surface area contributed by atoms with Crippen LogP contribution in [-0.4, -0.2) is 56.5 Å². The zero-order valence-electron chi connectivity index (χ0n) is 17.7. The topological polar surface area (TPSA) is 105 Å². The summed E-state index contributed by atoms with van der Waals surface area (Å²) in [5, 5.41) is 9.30. The van der Waals surface area contributed by atoms with E-state index in [2.05, 4.69) is 4.90 Å². The van der Waals surface area contributed by atoms with Gasteiger partial charge in [-0.05, 0) is 48.2 Å². The number of benzene rings is 2. The van der Waals surface area contributed by atoms with Gasteiger partial charge in [-0.2, -0.15) is 0 Å². The average Bonchev–Trinajstić information content (AvgIpc) is 2.79. The summed E-state index contributed by atoms with van der Waals surface area (Å²) in [4.78, 5) is 14.7. The molecule has 2 N–H and O–H groups in total. The number of nitrogens with one attached hydrogen (secondary N) is 1. The molecule has 9 heteroatoms. The number of methoxy groups -OCH3 is 2. The van der Waals surface area contributed by atoms with Crippen molar-refractivity contribution in [3.63, 3.8) is 0 Å². The van der Waals surface area contributed by atoms with Crippen molar-refractivity contribution in [1.82, 2.24) is 10.4 Å². The second kappa shape index (κ2) is 9.67. The van der Waals surface area contributed by atoms with Crippen LogP contribution in [0.4, 0.5) is 0 Å². The molecular weight excluding hydrogens is 420 g/mol. The van der Waals surface area contributed by atoms with E-state index in [1.807, 2.05) is 24.3 Å². The van der Waals surface area contributed by atoms with Gasteiger partial charge in [0, 0.05) is 19.6 Å². The SMILES string of the molecule is COc1ccc(CS(=O)(=O)C2(C(=O)NO)CCN(Cc3cccc(OC)c3)CC2)cc1. The monoisotopic (exact) mass is 448 g/mol. The summed E-state index contributed by atoms with van der Waals surface area (Å²) in [5.74, 6) is 0.211. The molecule has 2 aromatic rings. The lowest BCUT2D eigenvalue weighted by molar-refractivity contribution is -0.133. The lowest BCUT2D eigenvalue weighted by Gasteiger charge is -2.39. The van der Waals surface area contributed by atoms with Gasteiger partial charge < -0.3 is 9.47 Å². The minimum absolute atomic E-state index is 0.0991. The van der Waals surface area contributed by atoms with Crippen molar-refractivity contribution in [2.75, 3.05) is 27.3 Å². The number of ether oxygens (including phenoxy) is 2. The maximum Gasteiger partial charge on any atom is 0.264 e. The summed E-state index contributed by atoms with van der Waals surface area (Å²) < 4.78 is 35.4. The molecule has 3 rings (SSSR count). The molecule has 0 aliphatic carbocycles. The molecule has 0 unspecified atom stereocenters. The van der Waals surface area contributed by atoms with Gasteiger partial charge in [0.15, 0.2) is 14.6 Å². The van der Waals surface area contributed by atoms with Crippen molar-refractivity contribution in [2.24, 2.45) is 0 Å². The average molecular weight is 449 g/mol. The van der Waals surface area contributed by atoms with Crippen molar-refractivity contribution >= 4 is 15.7 Å². The van der Waals surface area contributed by atoms with E-state index in [4.69, 9.17) is 9.47 Å². The molecule has 1 aliphatic rings. The molecule has 1 saturated heterocycles. The second-order valence-corrected chi connectivity index (χ2v) is 9.97. The van der Waals surface area contributed by atoms with Crippen LogP contribution in [0.2, 0.25) is 0 Å². The maximum atomic E-state index is 13.3. The number of hydrogen-bond donors (Lipinski definition) is 2. The van der Waals surface area contributed by atoms with E-state index in [0.717, 1.165) is 11.3 Å². The van der Waals surface area contributed by atoms with Crippen molar-refractivity contribution in [3.8, 4) is 11.5 Å². The Hall–Kier alpha value is -2.62. The maximum absolute atomic E-state index is 13.3. The summed E-state index contributed by atoms with van der Waals surface area (Å²) in [5.41, 5.74) is 3.19. The van der Waals surface area contributed by atoms with Crippen LogP contribution in [0.5, 0.6) is 11.5 Å². The minimum atomic E-state index is -3.90. The number of amides is 1. The summed E-state index contributed by atoms with van der Waals surface area (Å²) in [6.45, 7) is 1.44. The molecule has 31 heavy (non-hydrogen) atoms. The number of carbonyl (C=O) groups is 1. The Balaban J connectivity index is 1.76. The molecule has 0 saturated carbocycles. The third-order valence-corrected chi connectivity index (χ3v) is 8.33. The highest BCUT2D eigenvalue weighted by atomic mass is 32.2. The molecule has 0 spiro atoms. The fraction of sp³-hybridized carbons (Fsp3) is 0.409. The molecule has 8 nitrogen and oxygen atoms in total. The van der Waals surface area contributed by atoms with E-state index in [1.54, 1.807) is 36.9 Å². The number of carbonyl (C=O) groups excluding carboxylic acids is 1. The standard InChI is InChI=1S/C22H28N2O6S/c1-29-19-8-6-17(7-9-19)16-31(27,28)22(21(25)23-26)10-12-24(13-11-22)15-18-4-3-5-20(14-18)30-2/h3-9,14,26H,10-13,15-16H2,1-2H3,(H,23,25). The normalized spacial score (nSPS) is 16.5. The first kappa shape index (κ1) is 23.1. The molecule has 1 heterocycles. The summed E-state index contributed by atoms with van der Waals surface area (Å²) in [6.07, 6.45) is 0.198. The fourth-order valence-corrected chi connectivity index (χ4v) is 6.00. The van der Waals surface area contributed by atoms with Crippen LogP contribution in [0.3, 0.4) is 0 Å². The Kier molecular flexibility index (Phi) is 7.19. The van der Waals surface area contributed by atoms with Gasteiger partial charge in [0.2, 0.25) is 0 Å². The first-order chi connectivity index (χ1) is 14.8. The van der Waals surface area contributed by atoms with Gasteiger partial charge in [-0.3, -0.25) is 14.9 Å². The van der Waals surface area contributed by atoms with Crippen LogP contribution in [-0.2, 0) is 26.9 Å². The van der Waals surface area contributed by atoms with Gasteiger partial charge in [-0.25, -0.2) is 13.9 Å². The number of sulfone groups is 1. The van der Waals surface area contributed by atoms with Crippen LogP contribution in [0.1, 0.15) is 24.0 Å². The molecule has 168 valence electrons. The molecule has 0 bridgehead atoms. The van der Waals surface area contributed by atoms with Gasteiger partial charge in [-0.15, -0.1) is 0 Å². The Labute approximate surface area is 182 Å². The molecule has 1 aliphatic heterocycles. The smallest absolute Gasteiger partial charge is 0.264 e. The van der Waals surface area contributed by atoms with Crippen LogP contribution in [0.25, 0.3) is 0 Å². The predicted molar refractivity (Wildman–Crippen MR) is 116 cm³/mol. The number of hydroxylamine groups is 1.